The zero-order chi connectivity index (χ0) is 14.8. The Morgan fingerprint density at radius 2 is 2.05 bits per heavy atom. The summed E-state index contributed by atoms with van der Waals surface area (Å²) < 4.78 is 0. The lowest BCUT2D eigenvalue weighted by Crippen LogP contribution is -2.37. The summed E-state index contributed by atoms with van der Waals surface area (Å²) in [6.45, 7) is 2.26. The molecular weight excluding hydrogens is 280 g/mol. The molecule has 2 aliphatic rings. The third kappa shape index (κ3) is 3.35. The van der Waals surface area contributed by atoms with Crippen LogP contribution in [-0.2, 0) is 12.8 Å². The van der Waals surface area contributed by atoms with Crippen LogP contribution in [0.1, 0.15) is 42.5 Å². The topological polar surface area (TPSA) is 54.2 Å². The highest BCUT2D eigenvalue weighted by Gasteiger charge is 2.21. The minimum absolute atomic E-state index is 0.450. The number of thiocarbonyl (C=S) groups is 1. The highest BCUT2D eigenvalue weighted by Crippen LogP contribution is 2.26. The molecule has 3 N–H and O–H groups in total. The summed E-state index contributed by atoms with van der Waals surface area (Å²) in [5.74, 6) is 0.901. The molecule has 0 atom stereocenters. The first-order valence-corrected chi connectivity index (χ1v) is 8.32. The number of piperidine rings is 1. The van der Waals surface area contributed by atoms with Crippen molar-refractivity contribution < 1.29 is 0 Å². The van der Waals surface area contributed by atoms with Crippen LogP contribution >= 0.6 is 12.2 Å². The molecule has 1 saturated heterocycles. The van der Waals surface area contributed by atoms with Crippen LogP contribution in [-0.4, -0.2) is 41.1 Å². The van der Waals surface area contributed by atoms with Gasteiger partial charge in [-0.1, -0.05) is 12.2 Å². The van der Waals surface area contributed by atoms with Crippen LogP contribution in [0.3, 0.4) is 0 Å². The molecule has 1 aromatic rings. The van der Waals surface area contributed by atoms with Crippen molar-refractivity contribution >= 4 is 23.0 Å². The molecule has 21 heavy (non-hydrogen) atoms. The maximum absolute atomic E-state index is 5.92. The van der Waals surface area contributed by atoms with Crippen molar-refractivity contribution in [1.82, 2.24) is 9.88 Å². The van der Waals surface area contributed by atoms with Gasteiger partial charge in [0.05, 0.1) is 5.56 Å². The molecule has 5 heteroatoms. The highest BCUT2D eigenvalue weighted by atomic mass is 32.1. The van der Waals surface area contributed by atoms with Gasteiger partial charge in [0.1, 0.15) is 10.8 Å². The summed E-state index contributed by atoms with van der Waals surface area (Å²) in [4.78, 5) is 7.67. The molecule has 3 rings (SSSR count). The fraction of sp³-hybridized carbons (Fsp3) is 0.625. The van der Waals surface area contributed by atoms with E-state index in [4.69, 9.17) is 22.9 Å². The summed E-state index contributed by atoms with van der Waals surface area (Å²) in [6, 6.07) is 2.64. The van der Waals surface area contributed by atoms with Crippen LogP contribution in [0.2, 0.25) is 0 Å². The second kappa shape index (κ2) is 6.28. The van der Waals surface area contributed by atoms with Gasteiger partial charge in [0.25, 0.3) is 0 Å². The van der Waals surface area contributed by atoms with Gasteiger partial charge in [-0.3, -0.25) is 0 Å². The number of rotatable bonds is 3. The molecule has 1 fully saturated rings. The Balaban J connectivity index is 1.84. The minimum Gasteiger partial charge on any atom is -0.389 e. The zero-order valence-electron chi connectivity index (χ0n) is 12.7. The number of anilines is 1. The maximum Gasteiger partial charge on any atom is 0.136 e. The quantitative estimate of drug-likeness (QED) is 0.838. The molecule has 0 bridgehead atoms. The van der Waals surface area contributed by atoms with Gasteiger partial charge in [0.2, 0.25) is 0 Å². The predicted molar refractivity (Wildman–Crippen MR) is 90.9 cm³/mol. The zero-order valence-corrected chi connectivity index (χ0v) is 13.5. The van der Waals surface area contributed by atoms with Crippen molar-refractivity contribution in [2.75, 3.05) is 25.5 Å². The first-order chi connectivity index (χ1) is 10.1. The van der Waals surface area contributed by atoms with Gasteiger partial charge < -0.3 is 16.0 Å². The molecule has 0 amide bonds. The van der Waals surface area contributed by atoms with E-state index in [2.05, 4.69) is 23.3 Å². The van der Waals surface area contributed by atoms with Crippen molar-refractivity contribution in [2.24, 2.45) is 5.73 Å². The number of likely N-dealkylation sites (tertiary alicyclic amines) is 1. The average molecular weight is 304 g/mol. The van der Waals surface area contributed by atoms with Crippen LogP contribution < -0.4 is 11.1 Å². The van der Waals surface area contributed by atoms with Crippen molar-refractivity contribution in [1.29, 1.82) is 0 Å². The van der Waals surface area contributed by atoms with Crippen molar-refractivity contribution in [2.45, 2.75) is 44.6 Å². The lowest BCUT2D eigenvalue weighted by molar-refractivity contribution is 0.263. The number of hydrogen-bond acceptors (Lipinski definition) is 4. The van der Waals surface area contributed by atoms with Gasteiger partial charge in [-0.05, 0) is 70.3 Å². The number of nitrogens with two attached hydrogens (primary N) is 1. The Hall–Kier alpha value is -1.20. The Morgan fingerprint density at radius 3 is 2.76 bits per heavy atom. The number of nitrogens with one attached hydrogen (secondary N) is 1. The van der Waals surface area contributed by atoms with Crippen molar-refractivity contribution in [3.8, 4) is 0 Å². The number of pyridine rings is 1. The second-order valence-electron chi connectivity index (χ2n) is 6.28. The van der Waals surface area contributed by atoms with Crippen LogP contribution in [0, 0.1) is 0 Å². The third-order valence-electron chi connectivity index (χ3n) is 4.63. The number of nitrogens with zero attached hydrogens (tertiary/aromatic N) is 2. The predicted octanol–water partition coefficient (Wildman–Crippen LogP) is 2.10. The van der Waals surface area contributed by atoms with Gasteiger partial charge in [0, 0.05) is 11.7 Å². The fourth-order valence-corrected chi connectivity index (χ4v) is 3.43. The number of aromatic nitrogens is 1. The van der Waals surface area contributed by atoms with Gasteiger partial charge in [0.15, 0.2) is 0 Å². The Kier molecular flexibility index (Phi) is 4.40. The van der Waals surface area contributed by atoms with Gasteiger partial charge in [-0.15, -0.1) is 0 Å². The van der Waals surface area contributed by atoms with E-state index in [1.54, 1.807) is 0 Å². The first-order valence-electron chi connectivity index (χ1n) is 7.91. The monoisotopic (exact) mass is 304 g/mol. The number of aryl methyl sites for hydroxylation is 2. The summed E-state index contributed by atoms with van der Waals surface area (Å²) in [7, 11) is 2.17. The van der Waals surface area contributed by atoms with Crippen LogP contribution in [0.25, 0.3) is 0 Å². The van der Waals surface area contributed by atoms with Gasteiger partial charge >= 0.3 is 0 Å². The van der Waals surface area contributed by atoms with Crippen LogP contribution in [0.4, 0.5) is 5.82 Å². The summed E-state index contributed by atoms with van der Waals surface area (Å²) in [5, 5.41) is 3.60. The molecule has 4 nitrogen and oxygen atoms in total. The molecule has 0 spiro atoms. The van der Waals surface area contributed by atoms with E-state index in [1.807, 2.05) is 0 Å². The Morgan fingerprint density at radius 1 is 1.33 bits per heavy atom. The smallest absolute Gasteiger partial charge is 0.136 e. The highest BCUT2D eigenvalue weighted by molar-refractivity contribution is 7.80. The van der Waals surface area contributed by atoms with E-state index in [1.165, 1.54) is 24.1 Å². The minimum atomic E-state index is 0.450. The molecule has 0 unspecified atom stereocenters. The lowest BCUT2D eigenvalue weighted by Gasteiger charge is -2.30. The first kappa shape index (κ1) is 14.7. The maximum atomic E-state index is 5.92. The van der Waals surface area contributed by atoms with Crippen molar-refractivity contribution in [3.63, 3.8) is 0 Å². The Labute approximate surface area is 132 Å². The largest absolute Gasteiger partial charge is 0.389 e. The molecule has 114 valence electrons. The van der Waals surface area contributed by atoms with E-state index in [0.717, 1.165) is 50.2 Å². The van der Waals surface area contributed by atoms with E-state index in [0.29, 0.717) is 11.0 Å². The van der Waals surface area contributed by atoms with Crippen LogP contribution in [0.5, 0.6) is 0 Å². The van der Waals surface area contributed by atoms with E-state index in [-0.39, 0.29) is 0 Å². The molecule has 0 saturated carbocycles. The molecule has 1 aliphatic heterocycles. The average Bonchev–Trinajstić information content (AvgIpc) is 2.48. The molecule has 1 aliphatic carbocycles. The van der Waals surface area contributed by atoms with E-state index in [9.17, 15) is 0 Å². The standard InChI is InChI=1S/C16H24N4S/c1-20-8-6-12(7-9-20)18-16-13(15(17)21)10-11-4-2-3-5-14(11)19-16/h10,12H,2-9H2,1H3,(H2,17,21)(H,18,19). The molecule has 0 radical (unpaired) electrons. The number of hydrogen-bond donors (Lipinski definition) is 2. The SMILES string of the molecule is CN1CCC(Nc2nc3c(cc2C(N)=S)CCCC3)CC1. The summed E-state index contributed by atoms with van der Waals surface area (Å²) in [5.41, 5.74) is 9.40. The lowest BCUT2D eigenvalue weighted by atomic mass is 9.94. The molecule has 0 aromatic carbocycles. The second-order valence-corrected chi connectivity index (χ2v) is 6.72. The van der Waals surface area contributed by atoms with E-state index < -0.39 is 0 Å². The third-order valence-corrected chi connectivity index (χ3v) is 4.85. The van der Waals surface area contributed by atoms with Crippen LogP contribution in [0.15, 0.2) is 6.07 Å². The Bertz CT molecular complexity index is 535. The van der Waals surface area contributed by atoms with Gasteiger partial charge in [-0.25, -0.2) is 4.98 Å². The summed E-state index contributed by atoms with van der Waals surface area (Å²) >= 11 is 5.23. The van der Waals surface area contributed by atoms with Gasteiger partial charge in [-0.2, -0.15) is 0 Å². The molecule has 1 aromatic heterocycles. The molecule has 2 heterocycles. The fourth-order valence-electron chi connectivity index (χ4n) is 3.28. The normalized spacial score (nSPS) is 20.0. The van der Waals surface area contributed by atoms with Crippen molar-refractivity contribution in [3.05, 3.63) is 22.9 Å². The van der Waals surface area contributed by atoms with E-state index >= 15 is 0 Å². The number of fused-ring (bicyclic) bond motifs is 1. The summed E-state index contributed by atoms with van der Waals surface area (Å²) in [6.07, 6.45) is 6.95. The molecular formula is C16H24N4S.